The molecule has 0 saturated carbocycles. The van der Waals surface area contributed by atoms with Crippen molar-refractivity contribution in [2.45, 2.75) is 12.2 Å². The molecular formula is C13H17ClF4N2O. The minimum absolute atomic E-state index is 0. The molecule has 1 N–H and O–H groups in total. The molecule has 120 valence electrons. The lowest BCUT2D eigenvalue weighted by atomic mass is 10.0. The van der Waals surface area contributed by atoms with Crippen molar-refractivity contribution in [1.29, 1.82) is 0 Å². The monoisotopic (exact) mass is 328 g/mol. The average Bonchev–Trinajstić information content (AvgIpc) is 2.41. The van der Waals surface area contributed by atoms with E-state index in [2.05, 4.69) is 5.32 Å². The molecule has 0 aromatic heterocycles. The van der Waals surface area contributed by atoms with Crippen LogP contribution in [-0.4, -0.2) is 44.4 Å². The van der Waals surface area contributed by atoms with Crippen LogP contribution < -0.4 is 10.1 Å². The zero-order valence-corrected chi connectivity index (χ0v) is 12.2. The topological polar surface area (TPSA) is 24.5 Å². The summed E-state index contributed by atoms with van der Waals surface area (Å²) in [6, 6.07) is 1.90. The fourth-order valence-corrected chi connectivity index (χ4v) is 2.42. The molecule has 1 aromatic rings. The number of rotatable bonds is 3. The standard InChI is InChI=1S/C13H16F4N2O.ClH/c1-20-10-4-2-3-9(11(10)14)12(13(15,16)17)19-7-5-18-6-8-19;/h2-4,12,18H,5-8H2,1H3;1H/t12-;/m0./s1. The fourth-order valence-electron chi connectivity index (χ4n) is 2.42. The van der Waals surface area contributed by atoms with Gasteiger partial charge < -0.3 is 10.1 Å². The van der Waals surface area contributed by atoms with Gasteiger partial charge in [0.25, 0.3) is 0 Å². The fraction of sp³-hybridized carbons (Fsp3) is 0.538. The summed E-state index contributed by atoms with van der Waals surface area (Å²) in [6.07, 6.45) is -4.54. The maximum Gasteiger partial charge on any atom is 0.408 e. The van der Waals surface area contributed by atoms with E-state index in [-0.39, 0.29) is 31.2 Å². The predicted molar refractivity (Wildman–Crippen MR) is 73.4 cm³/mol. The second kappa shape index (κ2) is 7.29. The van der Waals surface area contributed by atoms with Gasteiger partial charge in [-0.25, -0.2) is 4.39 Å². The Labute approximate surface area is 126 Å². The molecule has 1 aliphatic rings. The van der Waals surface area contributed by atoms with Crippen LogP contribution in [0, 0.1) is 5.82 Å². The summed E-state index contributed by atoms with van der Waals surface area (Å²) in [7, 11) is 1.23. The summed E-state index contributed by atoms with van der Waals surface area (Å²) in [6.45, 7) is 1.36. The van der Waals surface area contributed by atoms with Crippen molar-refractivity contribution in [2.75, 3.05) is 33.3 Å². The van der Waals surface area contributed by atoms with Gasteiger partial charge >= 0.3 is 6.18 Å². The van der Waals surface area contributed by atoms with Gasteiger partial charge in [0, 0.05) is 31.7 Å². The molecule has 1 saturated heterocycles. The highest BCUT2D eigenvalue weighted by molar-refractivity contribution is 5.85. The molecule has 8 heteroatoms. The number of hydrogen-bond donors (Lipinski definition) is 1. The maximum absolute atomic E-state index is 14.1. The zero-order valence-electron chi connectivity index (χ0n) is 11.4. The quantitative estimate of drug-likeness (QED) is 0.864. The molecule has 1 aromatic carbocycles. The van der Waals surface area contributed by atoms with Gasteiger partial charge in [-0.3, -0.25) is 4.90 Å². The normalized spacial score (nSPS) is 18.0. The highest BCUT2D eigenvalue weighted by atomic mass is 35.5. The van der Waals surface area contributed by atoms with E-state index < -0.39 is 23.6 Å². The molecule has 0 spiro atoms. The first-order chi connectivity index (χ1) is 9.45. The summed E-state index contributed by atoms with van der Waals surface area (Å²) in [5.74, 6) is -1.12. The van der Waals surface area contributed by atoms with Crippen LogP contribution in [0.25, 0.3) is 0 Å². The van der Waals surface area contributed by atoms with Gasteiger partial charge in [0.15, 0.2) is 11.6 Å². The van der Waals surface area contributed by atoms with Gasteiger partial charge in [0.2, 0.25) is 0 Å². The molecule has 0 radical (unpaired) electrons. The number of piperazine rings is 1. The molecule has 21 heavy (non-hydrogen) atoms. The zero-order chi connectivity index (χ0) is 14.8. The first kappa shape index (κ1) is 18.0. The van der Waals surface area contributed by atoms with Gasteiger partial charge in [0.1, 0.15) is 6.04 Å². The smallest absolute Gasteiger partial charge is 0.408 e. The van der Waals surface area contributed by atoms with Crippen molar-refractivity contribution in [3.8, 4) is 5.75 Å². The van der Waals surface area contributed by atoms with Crippen LogP contribution in [0.15, 0.2) is 18.2 Å². The second-order valence-corrected chi connectivity index (χ2v) is 4.59. The Bertz CT molecular complexity index is 464. The summed E-state index contributed by atoms with van der Waals surface area (Å²) < 4.78 is 58.9. The van der Waals surface area contributed by atoms with Crippen LogP contribution in [0.5, 0.6) is 5.75 Å². The third-order valence-electron chi connectivity index (χ3n) is 3.33. The first-order valence-electron chi connectivity index (χ1n) is 6.29. The number of hydrogen-bond acceptors (Lipinski definition) is 3. The van der Waals surface area contributed by atoms with Crippen LogP contribution in [0.1, 0.15) is 11.6 Å². The van der Waals surface area contributed by atoms with Crippen molar-refractivity contribution in [2.24, 2.45) is 0 Å². The Balaban J connectivity index is 0.00000220. The predicted octanol–water partition coefficient (Wildman–Crippen LogP) is 2.76. The first-order valence-corrected chi connectivity index (χ1v) is 6.29. The van der Waals surface area contributed by atoms with E-state index in [4.69, 9.17) is 4.74 Å². The highest BCUT2D eigenvalue weighted by Crippen LogP contribution is 2.40. The van der Waals surface area contributed by atoms with Gasteiger partial charge in [-0.15, -0.1) is 12.4 Å². The van der Waals surface area contributed by atoms with Crippen molar-refractivity contribution >= 4 is 12.4 Å². The molecule has 0 amide bonds. The summed E-state index contributed by atoms with van der Waals surface area (Å²) in [4.78, 5) is 1.24. The lowest BCUT2D eigenvalue weighted by Crippen LogP contribution is -2.49. The average molecular weight is 329 g/mol. The molecule has 0 aliphatic carbocycles. The molecular weight excluding hydrogens is 312 g/mol. The molecule has 2 rings (SSSR count). The van der Waals surface area contributed by atoms with Crippen LogP contribution in [-0.2, 0) is 0 Å². The Kier molecular flexibility index (Phi) is 6.24. The maximum atomic E-state index is 14.1. The van der Waals surface area contributed by atoms with Crippen LogP contribution in [0.3, 0.4) is 0 Å². The molecule has 1 fully saturated rings. The van der Waals surface area contributed by atoms with E-state index in [9.17, 15) is 17.6 Å². The van der Waals surface area contributed by atoms with Gasteiger partial charge in [-0.2, -0.15) is 13.2 Å². The van der Waals surface area contributed by atoms with E-state index in [0.717, 1.165) is 6.07 Å². The van der Waals surface area contributed by atoms with Crippen LogP contribution in [0.2, 0.25) is 0 Å². The van der Waals surface area contributed by atoms with Crippen LogP contribution >= 0.6 is 12.4 Å². The van der Waals surface area contributed by atoms with Gasteiger partial charge in [0.05, 0.1) is 7.11 Å². The number of halogens is 5. The minimum atomic E-state index is -4.54. The third kappa shape index (κ3) is 3.99. The van der Waals surface area contributed by atoms with Crippen molar-refractivity contribution in [3.63, 3.8) is 0 Å². The van der Waals surface area contributed by atoms with Crippen molar-refractivity contribution < 1.29 is 22.3 Å². The minimum Gasteiger partial charge on any atom is -0.494 e. The Morgan fingerprint density at radius 3 is 2.38 bits per heavy atom. The van der Waals surface area contributed by atoms with E-state index in [1.807, 2.05) is 0 Å². The van der Waals surface area contributed by atoms with Crippen LogP contribution in [0.4, 0.5) is 17.6 Å². The van der Waals surface area contributed by atoms with E-state index >= 15 is 0 Å². The molecule has 1 aliphatic heterocycles. The largest absolute Gasteiger partial charge is 0.494 e. The summed E-state index contributed by atoms with van der Waals surface area (Å²) in [5, 5.41) is 2.98. The third-order valence-corrected chi connectivity index (χ3v) is 3.33. The van der Waals surface area contributed by atoms with Crippen molar-refractivity contribution in [3.05, 3.63) is 29.6 Å². The molecule has 3 nitrogen and oxygen atoms in total. The number of benzene rings is 1. The lowest BCUT2D eigenvalue weighted by molar-refractivity contribution is -0.188. The summed E-state index contributed by atoms with van der Waals surface area (Å²) >= 11 is 0. The Hall–Kier alpha value is -1.05. The van der Waals surface area contributed by atoms with E-state index in [1.165, 1.54) is 24.1 Å². The number of ether oxygens (including phenoxy) is 1. The molecule has 1 atom stereocenters. The highest BCUT2D eigenvalue weighted by Gasteiger charge is 2.46. The van der Waals surface area contributed by atoms with Gasteiger partial charge in [-0.1, -0.05) is 12.1 Å². The molecule has 1 heterocycles. The lowest BCUT2D eigenvalue weighted by Gasteiger charge is -2.36. The summed E-state index contributed by atoms with van der Waals surface area (Å²) in [5.41, 5.74) is -0.390. The number of nitrogens with zero attached hydrogens (tertiary/aromatic N) is 1. The van der Waals surface area contributed by atoms with Crippen molar-refractivity contribution in [1.82, 2.24) is 10.2 Å². The van der Waals surface area contributed by atoms with Gasteiger partial charge in [-0.05, 0) is 6.07 Å². The number of alkyl halides is 3. The Morgan fingerprint density at radius 2 is 1.86 bits per heavy atom. The molecule has 0 bridgehead atoms. The molecule has 0 unspecified atom stereocenters. The van der Waals surface area contributed by atoms with E-state index in [0.29, 0.717) is 13.1 Å². The van der Waals surface area contributed by atoms with E-state index in [1.54, 1.807) is 0 Å². The Morgan fingerprint density at radius 1 is 1.24 bits per heavy atom. The number of methoxy groups -OCH3 is 1. The number of nitrogens with one attached hydrogen (secondary N) is 1. The SMILES string of the molecule is COc1cccc([C@H](N2CCNCC2)C(F)(F)F)c1F.Cl. The second-order valence-electron chi connectivity index (χ2n) is 4.59.